The highest BCUT2D eigenvalue weighted by Crippen LogP contribution is 2.32. The Hall–Kier alpha value is -1.61. The standard InChI is InChI=1S/C18H25N3/c1-14(2)19-12-17-10-11-21(20-17)13-16-8-5-7-15-6-3-4-9-18(15)16/h3-4,6,9-11,14,16,19H,5,7-8,12-13H2,1-2H3. The Bertz CT molecular complexity index is 586. The minimum Gasteiger partial charge on any atom is -0.309 e. The third-order valence-electron chi connectivity index (χ3n) is 4.29. The van der Waals surface area contributed by atoms with Crippen LogP contribution < -0.4 is 5.32 Å². The maximum absolute atomic E-state index is 4.70. The summed E-state index contributed by atoms with van der Waals surface area (Å²) in [6.07, 6.45) is 5.92. The summed E-state index contributed by atoms with van der Waals surface area (Å²) in [5.41, 5.74) is 4.19. The summed E-state index contributed by atoms with van der Waals surface area (Å²) in [6.45, 7) is 6.18. The number of aromatic nitrogens is 2. The molecule has 1 aliphatic carbocycles. The van der Waals surface area contributed by atoms with Crippen LogP contribution in [-0.2, 0) is 19.5 Å². The van der Waals surface area contributed by atoms with Crippen LogP contribution in [0.15, 0.2) is 36.5 Å². The molecule has 0 saturated heterocycles. The van der Waals surface area contributed by atoms with Crippen LogP contribution >= 0.6 is 0 Å². The number of rotatable bonds is 5. The topological polar surface area (TPSA) is 29.9 Å². The molecule has 0 radical (unpaired) electrons. The first kappa shape index (κ1) is 14.3. The van der Waals surface area contributed by atoms with Crippen LogP contribution in [0.4, 0.5) is 0 Å². The molecular formula is C18H25N3. The predicted molar refractivity (Wildman–Crippen MR) is 86.3 cm³/mol. The fraction of sp³-hybridized carbons (Fsp3) is 0.500. The van der Waals surface area contributed by atoms with E-state index in [0.29, 0.717) is 12.0 Å². The molecule has 112 valence electrons. The average Bonchev–Trinajstić information content (AvgIpc) is 2.93. The molecule has 0 saturated carbocycles. The van der Waals surface area contributed by atoms with Crippen LogP contribution in [0.5, 0.6) is 0 Å². The summed E-state index contributed by atoms with van der Waals surface area (Å²) in [6, 6.07) is 11.5. The quantitative estimate of drug-likeness (QED) is 0.910. The van der Waals surface area contributed by atoms with Crippen molar-refractivity contribution >= 4 is 0 Å². The van der Waals surface area contributed by atoms with Crippen LogP contribution in [-0.4, -0.2) is 15.8 Å². The second kappa shape index (κ2) is 6.44. The number of aryl methyl sites for hydroxylation is 1. The molecule has 1 N–H and O–H groups in total. The smallest absolute Gasteiger partial charge is 0.0762 e. The van der Waals surface area contributed by atoms with Gasteiger partial charge in [-0.1, -0.05) is 38.1 Å². The van der Waals surface area contributed by atoms with Crippen molar-refractivity contribution in [2.24, 2.45) is 0 Å². The molecule has 1 aromatic heterocycles. The number of benzene rings is 1. The van der Waals surface area contributed by atoms with Crippen LogP contribution in [0.3, 0.4) is 0 Å². The lowest BCUT2D eigenvalue weighted by Gasteiger charge is -2.25. The second-order valence-electron chi connectivity index (χ2n) is 6.35. The highest BCUT2D eigenvalue weighted by molar-refractivity contribution is 5.32. The molecule has 3 heteroatoms. The lowest BCUT2D eigenvalue weighted by atomic mass is 9.83. The molecule has 3 nitrogen and oxygen atoms in total. The van der Waals surface area contributed by atoms with E-state index in [4.69, 9.17) is 5.10 Å². The van der Waals surface area contributed by atoms with Gasteiger partial charge < -0.3 is 5.32 Å². The third-order valence-corrected chi connectivity index (χ3v) is 4.29. The first-order chi connectivity index (χ1) is 10.2. The fourth-order valence-electron chi connectivity index (χ4n) is 3.18. The predicted octanol–water partition coefficient (Wildman–Crippen LogP) is 3.50. The number of nitrogens with one attached hydrogen (secondary N) is 1. The lowest BCUT2D eigenvalue weighted by molar-refractivity contribution is 0.453. The van der Waals surface area contributed by atoms with Gasteiger partial charge in [0.25, 0.3) is 0 Å². The molecule has 3 rings (SSSR count). The molecule has 1 heterocycles. The lowest BCUT2D eigenvalue weighted by Crippen LogP contribution is -2.22. The Balaban J connectivity index is 1.67. The van der Waals surface area contributed by atoms with E-state index in [1.54, 1.807) is 0 Å². The van der Waals surface area contributed by atoms with E-state index < -0.39 is 0 Å². The Kier molecular flexibility index (Phi) is 4.39. The summed E-state index contributed by atoms with van der Waals surface area (Å²) in [7, 11) is 0. The number of nitrogens with zero attached hydrogens (tertiary/aromatic N) is 2. The van der Waals surface area contributed by atoms with E-state index in [9.17, 15) is 0 Å². The Morgan fingerprint density at radius 2 is 2.14 bits per heavy atom. The molecule has 21 heavy (non-hydrogen) atoms. The van der Waals surface area contributed by atoms with Gasteiger partial charge in [-0.25, -0.2) is 0 Å². The van der Waals surface area contributed by atoms with Crippen molar-refractivity contribution in [1.82, 2.24) is 15.1 Å². The monoisotopic (exact) mass is 283 g/mol. The summed E-state index contributed by atoms with van der Waals surface area (Å²) in [5, 5.41) is 8.12. The Morgan fingerprint density at radius 1 is 1.29 bits per heavy atom. The first-order valence-electron chi connectivity index (χ1n) is 8.06. The van der Waals surface area contributed by atoms with E-state index in [1.165, 1.54) is 30.4 Å². The van der Waals surface area contributed by atoms with Crippen molar-refractivity contribution in [3.63, 3.8) is 0 Å². The minimum atomic E-state index is 0.500. The van der Waals surface area contributed by atoms with Crippen molar-refractivity contribution in [2.75, 3.05) is 0 Å². The zero-order chi connectivity index (χ0) is 14.7. The number of hydrogen-bond donors (Lipinski definition) is 1. The molecule has 0 spiro atoms. The molecule has 2 aromatic rings. The highest BCUT2D eigenvalue weighted by Gasteiger charge is 2.20. The van der Waals surface area contributed by atoms with Crippen LogP contribution in [0.25, 0.3) is 0 Å². The van der Waals surface area contributed by atoms with E-state index in [-0.39, 0.29) is 0 Å². The Morgan fingerprint density at radius 3 is 3.00 bits per heavy atom. The van der Waals surface area contributed by atoms with Crippen molar-refractivity contribution < 1.29 is 0 Å². The van der Waals surface area contributed by atoms with E-state index in [0.717, 1.165) is 18.8 Å². The molecule has 0 aliphatic heterocycles. The average molecular weight is 283 g/mol. The molecular weight excluding hydrogens is 258 g/mol. The maximum Gasteiger partial charge on any atom is 0.0762 e. The van der Waals surface area contributed by atoms with Crippen LogP contribution in [0.1, 0.15) is 49.4 Å². The van der Waals surface area contributed by atoms with Gasteiger partial charge >= 0.3 is 0 Å². The van der Waals surface area contributed by atoms with Gasteiger partial charge in [-0.05, 0) is 36.5 Å². The largest absolute Gasteiger partial charge is 0.309 e. The molecule has 0 amide bonds. The van der Waals surface area contributed by atoms with E-state index in [2.05, 4.69) is 60.4 Å². The number of fused-ring (bicyclic) bond motifs is 1. The van der Waals surface area contributed by atoms with Crippen molar-refractivity contribution in [3.8, 4) is 0 Å². The third kappa shape index (κ3) is 3.53. The molecule has 1 aromatic carbocycles. The van der Waals surface area contributed by atoms with Gasteiger partial charge in [0.15, 0.2) is 0 Å². The van der Waals surface area contributed by atoms with Crippen molar-refractivity contribution in [3.05, 3.63) is 53.3 Å². The fourth-order valence-corrected chi connectivity index (χ4v) is 3.18. The van der Waals surface area contributed by atoms with Gasteiger partial charge in [0.2, 0.25) is 0 Å². The zero-order valence-electron chi connectivity index (χ0n) is 13.0. The molecule has 1 aliphatic rings. The van der Waals surface area contributed by atoms with E-state index in [1.807, 2.05) is 0 Å². The summed E-state index contributed by atoms with van der Waals surface area (Å²) in [5.74, 6) is 0.612. The van der Waals surface area contributed by atoms with Crippen molar-refractivity contribution in [2.45, 2.75) is 58.2 Å². The molecule has 1 unspecified atom stereocenters. The van der Waals surface area contributed by atoms with E-state index >= 15 is 0 Å². The SMILES string of the molecule is CC(C)NCc1ccn(CC2CCCc3ccccc32)n1. The number of hydrogen-bond acceptors (Lipinski definition) is 2. The van der Waals surface area contributed by atoms with Gasteiger partial charge in [-0.2, -0.15) is 5.10 Å². The molecule has 0 fully saturated rings. The highest BCUT2D eigenvalue weighted by atomic mass is 15.3. The van der Waals surface area contributed by atoms with Gasteiger partial charge in [0.1, 0.15) is 0 Å². The molecule has 0 bridgehead atoms. The van der Waals surface area contributed by atoms with Gasteiger partial charge in [-0.3, -0.25) is 4.68 Å². The van der Waals surface area contributed by atoms with Crippen molar-refractivity contribution in [1.29, 1.82) is 0 Å². The zero-order valence-corrected chi connectivity index (χ0v) is 13.0. The first-order valence-corrected chi connectivity index (χ1v) is 8.06. The van der Waals surface area contributed by atoms with Gasteiger partial charge in [0, 0.05) is 31.2 Å². The van der Waals surface area contributed by atoms with Gasteiger partial charge in [0.05, 0.1) is 5.69 Å². The Labute approximate surface area is 127 Å². The second-order valence-corrected chi connectivity index (χ2v) is 6.35. The normalized spacial score (nSPS) is 18.0. The van der Waals surface area contributed by atoms with Gasteiger partial charge in [-0.15, -0.1) is 0 Å². The maximum atomic E-state index is 4.70. The summed E-state index contributed by atoms with van der Waals surface area (Å²) >= 11 is 0. The summed E-state index contributed by atoms with van der Waals surface area (Å²) in [4.78, 5) is 0. The minimum absolute atomic E-state index is 0.500. The summed E-state index contributed by atoms with van der Waals surface area (Å²) < 4.78 is 2.12. The van der Waals surface area contributed by atoms with Crippen LogP contribution in [0.2, 0.25) is 0 Å². The van der Waals surface area contributed by atoms with Crippen LogP contribution in [0, 0.1) is 0 Å². The molecule has 1 atom stereocenters.